The van der Waals surface area contributed by atoms with Crippen LogP contribution < -0.4 is 18.9 Å². The molecular weight excluding hydrogens is 332 g/mol. The van der Waals surface area contributed by atoms with Crippen molar-refractivity contribution in [3.8, 4) is 23.0 Å². The van der Waals surface area contributed by atoms with Crippen molar-refractivity contribution in [1.29, 1.82) is 0 Å². The molecular formula is C21H24O5. The van der Waals surface area contributed by atoms with Crippen LogP contribution in [-0.2, 0) is 11.2 Å². The quantitative estimate of drug-likeness (QED) is 0.503. The number of carbonyl (C=O) groups excluding carboxylic acids is 1. The van der Waals surface area contributed by atoms with Crippen LogP contribution in [0.1, 0.15) is 18.1 Å². The SMILES string of the molecule is COc1ccc(C[C@@H](C)Oc2ccc(/C=C/C=O)cc2OC)cc1OC. The van der Waals surface area contributed by atoms with E-state index in [0.29, 0.717) is 29.4 Å². The van der Waals surface area contributed by atoms with Gasteiger partial charge in [-0.15, -0.1) is 0 Å². The largest absolute Gasteiger partial charge is 0.493 e. The first-order chi connectivity index (χ1) is 12.6. The van der Waals surface area contributed by atoms with Crippen LogP contribution in [0.4, 0.5) is 0 Å². The second kappa shape index (κ2) is 9.51. The van der Waals surface area contributed by atoms with E-state index < -0.39 is 0 Å². The van der Waals surface area contributed by atoms with Gasteiger partial charge in [-0.1, -0.05) is 18.2 Å². The Morgan fingerprint density at radius 1 is 0.885 bits per heavy atom. The number of allylic oxidation sites excluding steroid dienone is 1. The zero-order chi connectivity index (χ0) is 18.9. The third kappa shape index (κ3) is 5.02. The lowest BCUT2D eigenvalue weighted by Crippen LogP contribution is -2.15. The second-order valence-electron chi connectivity index (χ2n) is 5.73. The number of rotatable bonds is 9. The summed E-state index contributed by atoms with van der Waals surface area (Å²) in [7, 11) is 4.82. The third-order valence-corrected chi connectivity index (χ3v) is 3.85. The number of methoxy groups -OCH3 is 3. The first kappa shape index (κ1) is 19.4. The van der Waals surface area contributed by atoms with Crippen LogP contribution in [0.25, 0.3) is 6.08 Å². The monoisotopic (exact) mass is 356 g/mol. The molecule has 0 aliphatic rings. The van der Waals surface area contributed by atoms with E-state index in [4.69, 9.17) is 18.9 Å². The first-order valence-corrected chi connectivity index (χ1v) is 8.28. The van der Waals surface area contributed by atoms with Crippen molar-refractivity contribution in [1.82, 2.24) is 0 Å². The molecule has 5 heteroatoms. The molecule has 0 fully saturated rings. The van der Waals surface area contributed by atoms with E-state index in [9.17, 15) is 4.79 Å². The number of hydrogen-bond acceptors (Lipinski definition) is 5. The maximum Gasteiger partial charge on any atom is 0.161 e. The summed E-state index contributed by atoms with van der Waals surface area (Å²) in [5.41, 5.74) is 1.95. The standard InChI is InChI=1S/C21H24O5/c1-15(12-17-8-9-18(23-2)20(14-17)24-3)26-19-10-7-16(6-5-11-22)13-21(19)25-4/h5-11,13-15H,12H2,1-4H3/b6-5+/t15-/m1/s1. The predicted molar refractivity (Wildman–Crippen MR) is 101 cm³/mol. The lowest BCUT2D eigenvalue weighted by molar-refractivity contribution is -0.104. The molecule has 0 aliphatic carbocycles. The Bertz CT molecular complexity index is 767. The van der Waals surface area contributed by atoms with Gasteiger partial charge in [0.15, 0.2) is 23.0 Å². The highest BCUT2D eigenvalue weighted by Crippen LogP contribution is 2.31. The summed E-state index contributed by atoms with van der Waals surface area (Å²) < 4.78 is 22.0. The van der Waals surface area contributed by atoms with Gasteiger partial charge < -0.3 is 18.9 Å². The van der Waals surface area contributed by atoms with E-state index >= 15 is 0 Å². The summed E-state index contributed by atoms with van der Waals surface area (Å²) in [6, 6.07) is 11.4. The van der Waals surface area contributed by atoms with Crippen molar-refractivity contribution >= 4 is 12.4 Å². The van der Waals surface area contributed by atoms with E-state index in [1.54, 1.807) is 27.4 Å². The van der Waals surface area contributed by atoms with Gasteiger partial charge in [0.1, 0.15) is 12.4 Å². The smallest absolute Gasteiger partial charge is 0.161 e. The molecule has 0 unspecified atom stereocenters. The molecule has 0 amide bonds. The van der Waals surface area contributed by atoms with Gasteiger partial charge in [0.05, 0.1) is 21.3 Å². The molecule has 2 aromatic carbocycles. The second-order valence-corrected chi connectivity index (χ2v) is 5.73. The average Bonchev–Trinajstić information content (AvgIpc) is 2.66. The predicted octanol–water partition coefficient (Wildman–Crippen LogP) is 3.93. The summed E-state index contributed by atoms with van der Waals surface area (Å²) in [4.78, 5) is 10.4. The molecule has 5 nitrogen and oxygen atoms in total. The summed E-state index contributed by atoms with van der Waals surface area (Å²) in [5.74, 6) is 2.67. The molecule has 26 heavy (non-hydrogen) atoms. The Labute approximate surface area is 154 Å². The van der Waals surface area contributed by atoms with Gasteiger partial charge in [-0.2, -0.15) is 0 Å². The van der Waals surface area contributed by atoms with Gasteiger partial charge >= 0.3 is 0 Å². The van der Waals surface area contributed by atoms with Crippen molar-refractivity contribution in [3.05, 3.63) is 53.6 Å². The molecule has 0 saturated carbocycles. The van der Waals surface area contributed by atoms with Gasteiger partial charge in [0.25, 0.3) is 0 Å². The van der Waals surface area contributed by atoms with Crippen LogP contribution >= 0.6 is 0 Å². The normalized spacial score (nSPS) is 11.8. The van der Waals surface area contributed by atoms with Crippen LogP contribution in [0.5, 0.6) is 23.0 Å². The van der Waals surface area contributed by atoms with Crippen LogP contribution in [0, 0.1) is 0 Å². The van der Waals surface area contributed by atoms with Gasteiger partial charge in [-0.3, -0.25) is 4.79 Å². The van der Waals surface area contributed by atoms with Gasteiger partial charge in [0.2, 0.25) is 0 Å². The van der Waals surface area contributed by atoms with E-state index in [2.05, 4.69) is 0 Å². The van der Waals surface area contributed by atoms with Crippen molar-refractivity contribution in [2.24, 2.45) is 0 Å². The number of aldehydes is 1. The van der Waals surface area contributed by atoms with Gasteiger partial charge in [0, 0.05) is 6.42 Å². The van der Waals surface area contributed by atoms with Crippen molar-refractivity contribution in [3.63, 3.8) is 0 Å². The molecule has 2 aromatic rings. The van der Waals surface area contributed by atoms with Crippen LogP contribution in [0.2, 0.25) is 0 Å². The summed E-state index contributed by atoms with van der Waals surface area (Å²) in [6.45, 7) is 2.00. The molecule has 1 atom stereocenters. The Balaban J connectivity index is 2.10. The number of carbonyl (C=O) groups is 1. The maximum absolute atomic E-state index is 10.4. The lowest BCUT2D eigenvalue weighted by atomic mass is 10.1. The summed E-state index contributed by atoms with van der Waals surface area (Å²) >= 11 is 0. The van der Waals surface area contributed by atoms with E-state index in [1.807, 2.05) is 43.3 Å². The van der Waals surface area contributed by atoms with Gasteiger partial charge in [-0.05, 0) is 48.4 Å². The molecule has 0 aromatic heterocycles. The third-order valence-electron chi connectivity index (χ3n) is 3.85. The summed E-state index contributed by atoms with van der Waals surface area (Å²) in [5, 5.41) is 0. The van der Waals surface area contributed by atoms with Crippen LogP contribution in [0.3, 0.4) is 0 Å². The fraction of sp³-hybridized carbons (Fsp3) is 0.286. The minimum atomic E-state index is -0.0710. The van der Waals surface area contributed by atoms with E-state index in [1.165, 1.54) is 6.08 Å². The fourth-order valence-corrected chi connectivity index (χ4v) is 2.63. The zero-order valence-corrected chi connectivity index (χ0v) is 15.5. The topological polar surface area (TPSA) is 54.0 Å². The van der Waals surface area contributed by atoms with E-state index in [-0.39, 0.29) is 6.10 Å². The highest BCUT2D eigenvalue weighted by atomic mass is 16.5. The molecule has 0 saturated heterocycles. The van der Waals surface area contributed by atoms with Crippen molar-refractivity contribution in [2.75, 3.05) is 21.3 Å². The molecule has 138 valence electrons. The van der Waals surface area contributed by atoms with Crippen molar-refractivity contribution in [2.45, 2.75) is 19.4 Å². The summed E-state index contributed by atoms with van der Waals surface area (Å²) in [6.07, 6.45) is 4.53. The lowest BCUT2D eigenvalue weighted by Gasteiger charge is -2.18. The van der Waals surface area contributed by atoms with E-state index in [0.717, 1.165) is 17.4 Å². The fourth-order valence-electron chi connectivity index (χ4n) is 2.63. The maximum atomic E-state index is 10.4. The molecule has 0 bridgehead atoms. The Morgan fingerprint density at radius 2 is 1.54 bits per heavy atom. The number of benzene rings is 2. The number of ether oxygens (including phenoxy) is 4. The van der Waals surface area contributed by atoms with Crippen LogP contribution in [0.15, 0.2) is 42.5 Å². The molecule has 0 aliphatic heterocycles. The van der Waals surface area contributed by atoms with Gasteiger partial charge in [-0.25, -0.2) is 0 Å². The Kier molecular flexibility index (Phi) is 7.09. The average molecular weight is 356 g/mol. The molecule has 0 N–H and O–H groups in total. The molecule has 2 rings (SSSR count). The van der Waals surface area contributed by atoms with Crippen molar-refractivity contribution < 1.29 is 23.7 Å². The van der Waals surface area contributed by atoms with Crippen LogP contribution in [-0.4, -0.2) is 33.7 Å². The minimum absolute atomic E-state index is 0.0710. The highest BCUT2D eigenvalue weighted by Gasteiger charge is 2.12. The minimum Gasteiger partial charge on any atom is -0.493 e. The number of hydrogen-bond donors (Lipinski definition) is 0. The molecule has 0 spiro atoms. The molecule has 0 radical (unpaired) electrons. The first-order valence-electron chi connectivity index (χ1n) is 8.28. The Hall–Kier alpha value is -2.95. The Morgan fingerprint density at radius 3 is 2.19 bits per heavy atom. The highest BCUT2D eigenvalue weighted by molar-refractivity contribution is 5.74. The molecule has 0 heterocycles. The zero-order valence-electron chi connectivity index (χ0n) is 15.5.